The third-order valence-electron chi connectivity index (χ3n) is 7.30. The normalized spacial score (nSPS) is 10.5. The maximum Gasteiger partial charge on any atom is 0.339 e. The van der Waals surface area contributed by atoms with Crippen LogP contribution in [0.5, 0.6) is 34.5 Å². The molecule has 369 valence electrons. The Labute approximate surface area is 456 Å². The van der Waals surface area contributed by atoms with Crippen LogP contribution in [0.2, 0.25) is 0 Å². The Balaban J connectivity index is 0. The Kier molecular flexibility index (Phi) is 37.2. The summed E-state index contributed by atoms with van der Waals surface area (Å²) in [6.07, 6.45) is 7.89. The minimum atomic E-state index is -1.18. The van der Waals surface area contributed by atoms with Crippen molar-refractivity contribution in [3.05, 3.63) is 113 Å². The van der Waals surface area contributed by atoms with Crippen molar-refractivity contribution < 1.29 is 109 Å². The van der Waals surface area contributed by atoms with E-state index < -0.39 is 17.9 Å². The number of benzene rings is 3. The number of guanidine groups is 1. The van der Waals surface area contributed by atoms with E-state index in [9.17, 15) is 29.7 Å². The van der Waals surface area contributed by atoms with Crippen LogP contribution in [0.1, 0.15) is 38.9 Å². The van der Waals surface area contributed by atoms with E-state index in [1.807, 2.05) is 0 Å². The molecule has 0 saturated carbocycles. The number of nitrogens with one attached hydrogen (secondary N) is 3. The number of ether oxygens (including phenoxy) is 3. The van der Waals surface area contributed by atoms with Gasteiger partial charge in [0.1, 0.15) is 71.0 Å². The van der Waals surface area contributed by atoms with E-state index in [0.29, 0.717) is 67.4 Å². The van der Waals surface area contributed by atoms with Gasteiger partial charge in [0.25, 0.3) is 0 Å². The summed E-state index contributed by atoms with van der Waals surface area (Å²) < 4.78 is 29.3. The van der Waals surface area contributed by atoms with Crippen molar-refractivity contribution in [2.45, 2.75) is 6.42 Å². The number of carboxylic acids is 3. The Hall–Kier alpha value is -4.84. The van der Waals surface area contributed by atoms with Crippen molar-refractivity contribution >= 4 is 91.7 Å². The van der Waals surface area contributed by atoms with Gasteiger partial charge in [0.05, 0.1) is 25.0 Å². The Bertz CT molecular complexity index is 2250. The number of phenols is 3. The number of halogens is 4. The first-order chi connectivity index (χ1) is 32.3. The smallest absolute Gasteiger partial charge is 0.339 e. The van der Waals surface area contributed by atoms with E-state index in [2.05, 4.69) is 68.7 Å². The zero-order chi connectivity index (χ0) is 49.8. The first kappa shape index (κ1) is 63.2. The van der Waals surface area contributed by atoms with E-state index in [1.165, 1.54) is 54.6 Å². The summed E-state index contributed by atoms with van der Waals surface area (Å²) in [6, 6.07) is 15.7. The Morgan fingerprint density at radius 2 is 1.15 bits per heavy atom. The minimum Gasteiger partial charge on any atom is -0.507 e. The van der Waals surface area contributed by atoms with Crippen molar-refractivity contribution in [1.82, 2.24) is 30.6 Å². The first-order valence-corrected chi connectivity index (χ1v) is 21.7. The molecule has 1 radical (unpaired) electrons. The van der Waals surface area contributed by atoms with Crippen LogP contribution < -0.4 is 35.9 Å². The SMILES string of the molecule is Brc1ncccn1.Cl.NCCOc1ccc(C(=O)O)c(O)c1.O=C(O)c1ccc(OCCNC2=NCCCN2)cc1O.O=C(O)c1ccc(OCCNc2ncccn2)cc1O.OCl.[3H]CSCl.[Ac]. The number of anilines is 1. The molecule has 0 fully saturated rings. The van der Waals surface area contributed by atoms with Gasteiger partial charge < -0.3 is 66.5 Å². The van der Waals surface area contributed by atoms with Crippen LogP contribution in [0.15, 0.2) is 101 Å². The fourth-order valence-electron chi connectivity index (χ4n) is 4.52. The van der Waals surface area contributed by atoms with Gasteiger partial charge in [0, 0.05) is 108 Å². The first-order valence-electron chi connectivity index (χ1n) is 19.4. The number of aromatic hydroxyl groups is 3. The average molecular weight is 1310 g/mol. The second-order valence-corrected chi connectivity index (χ2v) is 13.4. The van der Waals surface area contributed by atoms with Crippen LogP contribution in [-0.4, -0.2) is 138 Å². The molecule has 0 bridgehead atoms. The maximum absolute atomic E-state index is 10.7. The molecule has 0 atom stereocenters. The van der Waals surface area contributed by atoms with E-state index in [-0.39, 0.29) is 96.6 Å². The predicted octanol–water partition coefficient (Wildman–Crippen LogP) is 5.50. The molecule has 12 N–H and O–H groups in total. The average Bonchev–Trinajstić information content (AvgIpc) is 3.33. The van der Waals surface area contributed by atoms with Gasteiger partial charge in [0.2, 0.25) is 5.95 Å². The molecule has 0 aliphatic carbocycles. The summed E-state index contributed by atoms with van der Waals surface area (Å²) in [5.74, 6) is -1.98. The number of aromatic nitrogens is 4. The number of carboxylic acid groups (broad SMARTS) is 3. The Morgan fingerprint density at radius 1 is 0.750 bits per heavy atom. The molecule has 0 saturated heterocycles. The maximum atomic E-state index is 10.7. The monoisotopic (exact) mass is 1310 g/mol. The second kappa shape index (κ2) is 40.1. The number of aliphatic imine (C=N–C) groups is 1. The van der Waals surface area contributed by atoms with E-state index in [0.717, 1.165) is 36.4 Å². The number of hydrogen-bond acceptors (Lipinski definition) is 20. The van der Waals surface area contributed by atoms with Gasteiger partial charge in [-0.25, -0.2) is 34.3 Å². The van der Waals surface area contributed by atoms with E-state index >= 15 is 0 Å². The van der Waals surface area contributed by atoms with Crippen LogP contribution in [-0.2, 0) is 0 Å². The zero-order valence-electron chi connectivity index (χ0n) is 36.7. The number of rotatable bonds is 15. The molecule has 0 spiro atoms. The topological polar surface area (TPSA) is 347 Å². The molecular weight excluding hydrogens is 1260 g/mol. The fraction of sp³-hybridized carbons (Fsp3) is 0.250. The number of nitrogens with two attached hydrogens (primary N) is 1. The molecule has 6 rings (SSSR count). The molecule has 3 aromatic carbocycles. The van der Waals surface area contributed by atoms with Crippen molar-refractivity contribution in [3.8, 4) is 34.5 Å². The number of carbonyl (C=O) groups is 3. The fourth-order valence-corrected chi connectivity index (χ4v) is 4.75. The Morgan fingerprint density at radius 3 is 1.47 bits per heavy atom. The summed E-state index contributed by atoms with van der Waals surface area (Å²) in [6.45, 7) is 4.17. The predicted molar refractivity (Wildman–Crippen MR) is 259 cm³/mol. The summed E-state index contributed by atoms with van der Waals surface area (Å²) in [7, 11) is 5.91. The molecule has 68 heavy (non-hydrogen) atoms. The third-order valence-corrected chi connectivity index (χ3v) is 7.71. The van der Waals surface area contributed by atoms with Crippen molar-refractivity contribution in [2.24, 2.45) is 10.7 Å². The molecule has 3 heterocycles. The van der Waals surface area contributed by atoms with E-state index in [4.69, 9.17) is 52.0 Å². The van der Waals surface area contributed by atoms with Crippen molar-refractivity contribution in [2.75, 3.05) is 64.1 Å². The summed E-state index contributed by atoms with van der Waals surface area (Å²) >= 11 is 6.73. The number of aromatic carboxylic acids is 3. The molecule has 22 nitrogen and oxygen atoms in total. The van der Waals surface area contributed by atoms with Gasteiger partial charge in [0.15, 0.2) is 10.7 Å². The molecule has 0 unspecified atom stereocenters. The molecular formula is C40H49AcBrCl3N9O13S. The quantitative estimate of drug-likeness (QED) is 0.0455. The van der Waals surface area contributed by atoms with Gasteiger partial charge >= 0.3 is 17.9 Å². The molecule has 1 aliphatic heterocycles. The van der Waals surface area contributed by atoms with Gasteiger partial charge in [-0.15, -0.1) is 12.4 Å². The molecule has 1 aliphatic rings. The summed E-state index contributed by atoms with van der Waals surface area (Å²) in [4.78, 5) is 51.8. The molecule has 0 amide bonds. The largest absolute Gasteiger partial charge is 0.507 e. The molecule has 28 heteroatoms. The van der Waals surface area contributed by atoms with Gasteiger partial charge in [-0.2, -0.15) is 0 Å². The van der Waals surface area contributed by atoms with Gasteiger partial charge in [-0.05, 0) is 87.8 Å². The number of nitrogens with zero attached hydrogens (tertiary/aromatic N) is 5. The minimum absolute atomic E-state index is 0. The van der Waals surface area contributed by atoms with Crippen LogP contribution >= 0.6 is 61.9 Å². The van der Waals surface area contributed by atoms with Crippen molar-refractivity contribution in [1.29, 1.82) is 0 Å². The van der Waals surface area contributed by atoms with Crippen LogP contribution in [0.3, 0.4) is 0 Å². The third kappa shape index (κ3) is 28.5. The summed E-state index contributed by atoms with van der Waals surface area (Å²) in [5, 5.41) is 63.6. The standard InChI is InChI=1S/C13H17N3O4.C13H13N3O4.C9H11NO4.C4H3BrN2.CH3ClS.Ac.ClHO.ClH/c2*17-11-8-9(2-3-10(11)12(18)19)20-7-6-16-13-14-4-1-5-15-13;10-3-4-14-6-1-2-7(9(12)13)8(11)5-6;5-4-6-2-1-3-7-4;1-3-2;;1-2;/h2-3,8,17H,1,4-7H2,(H,18,19)(H2,14,15,16);1-5,8,17H,6-7H2,(H,18,19)(H,14,15,16);1-2,5,11H,3-4,10H2,(H,12,13);1-3H;1H3;;2H;1H/i;;;;1T;;;. The second-order valence-electron chi connectivity index (χ2n) is 11.8. The number of hydrogen-bond donors (Lipinski definition) is 11. The van der Waals surface area contributed by atoms with Gasteiger partial charge in [-0.3, -0.25) is 9.65 Å². The molecule has 2 aromatic heterocycles. The zero-order valence-corrected chi connectivity index (χ0v) is 45.1. The molecule has 5 aromatic rings. The van der Waals surface area contributed by atoms with Gasteiger partial charge in [-0.1, -0.05) is 11.0 Å². The van der Waals surface area contributed by atoms with Crippen LogP contribution in [0.4, 0.5) is 5.95 Å². The summed E-state index contributed by atoms with van der Waals surface area (Å²) in [5.41, 5.74) is 4.76. The van der Waals surface area contributed by atoms with Crippen LogP contribution in [0.25, 0.3) is 0 Å². The van der Waals surface area contributed by atoms with E-state index in [1.54, 1.807) is 36.9 Å². The van der Waals surface area contributed by atoms with Crippen LogP contribution in [0, 0.1) is 44.1 Å². The van der Waals surface area contributed by atoms with Crippen molar-refractivity contribution in [3.63, 3.8) is 0 Å².